The molecule has 4 rings (SSSR count). The summed E-state index contributed by atoms with van der Waals surface area (Å²) in [5.74, 6) is 3.35. The predicted octanol–water partition coefficient (Wildman–Crippen LogP) is 3.26. The summed E-state index contributed by atoms with van der Waals surface area (Å²) >= 11 is 0. The SMILES string of the molecule is C#Cc1cc(CNC(=O)c2ccc(OC)cc2)on1.c1cc2cc-2c1. The molecule has 1 amide bonds. The summed E-state index contributed by atoms with van der Waals surface area (Å²) in [4.78, 5) is 11.8. The van der Waals surface area contributed by atoms with Crippen molar-refractivity contribution in [3.05, 3.63) is 71.6 Å². The van der Waals surface area contributed by atoms with Gasteiger partial charge in [0.05, 0.1) is 13.7 Å². The molecular formula is C20H16N2O3. The molecule has 5 heteroatoms. The number of benzene rings is 2. The third-order valence-corrected chi connectivity index (χ3v) is 3.59. The van der Waals surface area contributed by atoms with E-state index in [1.807, 2.05) is 0 Å². The topological polar surface area (TPSA) is 64.4 Å². The van der Waals surface area contributed by atoms with Gasteiger partial charge in [-0.1, -0.05) is 23.4 Å². The molecule has 0 bridgehead atoms. The van der Waals surface area contributed by atoms with Gasteiger partial charge >= 0.3 is 0 Å². The molecule has 2 aliphatic rings. The van der Waals surface area contributed by atoms with E-state index in [4.69, 9.17) is 15.7 Å². The maximum Gasteiger partial charge on any atom is 0.251 e. The normalized spacial score (nSPS) is 10.1. The molecular weight excluding hydrogens is 316 g/mol. The van der Waals surface area contributed by atoms with Crippen LogP contribution < -0.4 is 10.1 Å². The molecule has 0 fully saturated rings. The summed E-state index contributed by atoms with van der Waals surface area (Å²) in [7, 11) is 1.57. The van der Waals surface area contributed by atoms with Gasteiger partial charge in [-0.15, -0.1) is 6.42 Å². The van der Waals surface area contributed by atoms with Gasteiger partial charge in [0.1, 0.15) is 5.75 Å². The molecule has 0 saturated heterocycles. The van der Waals surface area contributed by atoms with Crippen LogP contribution in [-0.4, -0.2) is 18.2 Å². The van der Waals surface area contributed by atoms with Gasteiger partial charge in [0, 0.05) is 11.6 Å². The average molecular weight is 332 g/mol. The number of hydrogen-bond donors (Lipinski definition) is 1. The second-order valence-corrected chi connectivity index (χ2v) is 5.31. The molecule has 1 aromatic heterocycles. The monoisotopic (exact) mass is 332 g/mol. The second-order valence-electron chi connectivity index (χ2n) is 5.31. The number of amides is 1. The minimum absolute atomic E-state index is 0.207. The van der Waals surface area contributed by atoms with Gasteiger partial charge in [0.15, 0.2) is 11.5 Å². The molecule has 1 heterocycles. The summed E-state index contributed by atoms with van der Waals surface area (Å²) < 4.78 is 9.97. The zero-order valence-electron chi connectivity index (χ0n) is 13.7. The first-order chi connectivity index (χ1) is 12.2. The van der Waals surface area contributed by atoms with Gasteiger partial charge in [-0.25, -0.2) is 0 Å². The molecule has 124 valence electrons. The number of carbonyl (C=O) groups is 1. The molecule has 0 spiro atoms. The molecule has 1 aromatic carbocycles. The highest BCUT2D eigenvalue weighted by atomic mass is 16.5. The summed E-state index contributed by atoms with van der Waals surface area (Å²) in [6.45, 7) is 0.236. The number of aromatic nitrogens is 1. The van der Waals surface area contributed by atoms with Crippen molar-refractivity contribution < 1.29 is 14.1 Å². The fraction of sp³-hybridized carbons (Fsp3) is 0.100. The molecule has 0 atom stereocenters. The largest absolute Gasteiger partial charge is 0.497 e. The van der Waals surface area contributed by atoms with Crippen molar-refractivity contribution in [2.24, 2.45) is 0 Å². The molecule has 2 aliphatic carbocycles. The van der Waals surface area contributed by atoms with Crippen LogP contribution in [0.1, 0.15) is 21.8 Å². The highest BCUT2D eigenvalue weighted by Gasteiger charge is 2.08. The lowest BCUT2D eigenvalue weighted by molar-refractivity contribution is 0.0947. The van der Waals surface area contributed by atoms with Crippen LogP contribution in [0.25, 0.3) is 11.1 Å². The van der Waals surface area contributed by atoms with Gasteiger partial charge in [-0.3, -0.25) is 4.79 Å². The number of nitrogens with one attached hydrogen (secondary N) is 1. The predicted molar refractivity (Wildman–Crippen MR) is 94.0 cm³/mol. The molecule has 2 aromatic rings. The summed E-state index contributed by atoms with van der Waals surface area (Å²) in [5.41, 5.74) is 3.80. The highest BCUT2D eigenvalue weighted by Crippen LogP contribution is 2.32. The number of nitrogens with zero attached hydrogens (tertiary/aromatic N) is 1. The Morgan fingerprint density at radius 1 is 1.20 bits per heavy atom. The van der Waals surface area contributed by atoms with Crippen molar-refractivity contribution in [3.8, 4) is 29.2 Å². The number of fused-ring (bicyclic) bond motifs is 1. The minimum atomic E-state index is -0.207. The fourth-order valence-electron chi connectivity index (χ4n) is 2.15. The van der Waals surface area contributed by atoms with Crippen molar-refractivity contribution in [1.29, 1.82) is 0 Å². The van der Waals surface area contributed by atoms with E-state index in [0.717, 1.165) is 0 Å². The molecule has 0 saturated carbocycles. The lowest BCUT2D eigenvalue weighted by atomic mass is 10.2. The lowest BCUT2D eigenvalue weighted by Crippen LogP contribution is -2.22. The van der Waals surface area contributed by atoms with Crippen molar-refractivity contribution in [1.82, 2.24) is 10.5 Å². The van der Waals surface area contributed by atoms with E-state index in [0.29, 0.717) is 22.8 Å². The molecule has 1 N–H and O–H groups in total. The minimum Gasteiger partial charge on any atom is -0.497 e. The van der Waals surface area contributed by atoms with Crippen molar-refractivity contribution in [2.75, 3.05) is 7.11 Å². The van der Waals surface area contributed by atoms with E-state index in [2.05, 4.69) is 40.7 Å². The van der Waals surface area contributed by atoms with Gasteiger partial charge in [-0.05, 0) is 47.4 Å². The number of hydrogen-bond acceptors (Lipinski definition) is 4. The standard InChI is InChI=1S/C14H12N2O3.C6H4/c1-3-11-8-13(19-16-11)9-15-14(17)10-4-6-12(18-2)7-5-10;1-2-5-4-6(5)3-1/h1,4-8H,9H2,2H3,(H,15,17);1-4H. The van der Waals surface area contributed by atoms with E-state index in [1.54, 1.807) is 37.4 Å². The average Bonchev–Trinajstić information content (AvgIpc) is 3.06. The Balaban J connectivity index is 0.000000250. The van der Waals surface area contributed by atoms with Crippen molar-refractivity contribution in [3.63, 3.8) is 0 Å². The smallest absolute Gasteiger partial charge is 0.251 e. The van der Waals surface area contributed by atoms with Crippen LogP contribution in [0, 0.1) is 12.3 Å². The summed E-state index contributed by atoms with van der Waals surface area (Å²) in [6, 6.07) is 16.9. The Hall–Kier alpha value is -3.52. The number of ether oxygens (including phenoxy) is 1. The number of methoxy groups -OCH3 is 1. The Bertz CT molecular complexity index is 903. The van der Waals surface area contributed by atoms with Crippen LogP contribution in [-0.2, 0) is 6.54 Å². The van der Waals surface area contributed by atoms with Crippen LogP contribution in [0.4, 0.5) is 0 Å². The second kappa shape index (κ2) is 7.37. The van der Waals surface area contributed by atoms with Crippen molar-refractivity contribution >= 4 is 5.91 Å². The third-order valence-electron chi connectivity index (χ3n) is 3.59. The number of terminal acetylenes is 1. The fourth-order valence-corrected chi connectivity index (χ4v) is 2.15. The first-order valence-corrected chi connectivity index (χ1v) is 7.64. The first kappa shape index (κ1) is 16.3. The first-order valence-electron chi connectivity index (χ1n) is 7.64. The maximum absolute atomic E-state index is 11.8. The molecule has 0 aliphatic heterocycles. The summed E-state index contributed by atoms with van der Waals surface area (Å²) in [6.07, 6.45) is 5.17. The van der Waals surface area contributed by atoms with Gasteiger partial charge in [0.25, 0.3) is 5.91 Å². The zero-order valence-corrected chi connectivity index (χ0v) is 13.7. The van der Waals surface area contributed by atoms with Gasteiger partial charge in [0.2, 0.25) is 0 Å². The molecule has 25 heavy (non-hydrogen) atoms. The van der Waals surface area contributed by atoms with Gasteiger partial charge in [-0.2, -0.15) is 0 Å². The highest BCUT2D eigenvalue weighted by molar-refractivity contribution is 5.94. The number of carbonyl (C=O) groups excluding carboxylic acids is 1. The molecule has 5 nitrogen and oxygen atoms in total. The Labute approximate surface area is 145 Å². The molecule has 0 unspecified atom stereocenters. The summed E-state index contributed by atoms with van der Waals surface area (Å²) in [5, 5.41) is 6.34. The van der Waals surface area contributed by atoms with Crippen LogP contribution >= 0.6 is 0 Å². The van der Waals surface area contributed by atoms with Gasteiger partial charge < -0.3 is 14.6 Å². The quantitative estimate of drug-likeness (QED) is 0.583. The Morgan fingerprint density at radius 3 is 2.40 bits per heavy atom. The lowest BCUT2D eigenvalue weighted by Gasteiger charge is -2.04. The third kappa shape index (κ3) is 4.27. The van der Waals surface area contributed by atoms with E-state index in [-0.39, 0.29) is 12.5 Å². The van der Waals surface area contributed by atoms with Crippen LogP contribution in [0.15, 0.2) is 59.1 Å². The maximum atomic E-state index is 11.8. The Morgan fingerprint density at radius 2 is 1.92 bits per heavy atom. The van der Waals surface area contributed by atoms with E-state index in [1.165, 1.54) is 11.1 Å². The van der Waals surface area contributed by atoms with Crippen LogP contribution in [0.5, 0.6) is 5.75 Å². The van der Waals surface area contributed by atoms with Crippen molar-refractivity contribution in [2.45, 2.75) is 6.54 Å². The van der Waals surface area contributed by atoms with Crippen LogP contribution in [0.3, 0.4) is 0 Å². The molecule has 0 radical (unpaired) electrons. The van der Waals surface area contributed by atoms with E-state index < -0.39 is 0 Å². The van der Waals surface area contributed by atoms with E-state index >= 15 is 0 Å². The zero-order chi connectivity index (χ0) is 17.6. The number of rotatable bonds is 4. The Kier molecular flexibility index (Phi) is 4.82. The van der Waals surface area contributed by atoms with Crippen LogP contribution in [0.2, 0.25) is 0 Å². The van der Waals surface area contributed by atoms with E-state index in [9.17, 15) is 4.79 Å².